The van der Waals surface area contributed by atoms with Gasteiger partial charge in [-0.2, -0.15) is 13.2 Å². The zero-order chi connectivity index (χ0) is 27.9. The van der Waals surface area contributed by atoms with Crippen molar-refractivity contribution in [1.82, 2.24) is 9.80 Å². The quantitative estimate of drug-likeness (QED) is 0.504. The molecule has 5 nitrogen and oxygen atoms in total. The van der Waals surface area contributed by atoms with Crippen LogP contribution >= 0.6 is 0 Å². The fourth-order valence-corrected chi connectivity index (χ4v) is 8.33. The van der Waals surface area contributed by atoms with Gasteiger partial charge in [0.25, 0.3) is 0 Å². The highest BCUT2D eigenvalue weighted by molar-refractivity contribution is 5.63. The van der Waals surface area contributed by atoms with Crippen molar-refractivity contribution in [1.29, 1.82) is 0 Å². The van der Waals surface area contributed by atoms with Crippen molar-refractivity contribution in [3.8, 4) is 11.5 Å². The third kappa shape index (κ3) is 3.86. The van der Waals surface area contributed by atoms with Gasteiger partial charge in [0.2, 0.25) is 0 Å². The molecule has 0 amide bonds. The molecule has 1 N–H and O–H groups in total. The van der Waals surface area contributed by atoms with Crippen LogP contribution in [0.3, 0.4) is 0 Å². The number of methoxy groups -OCH3 is 1. The molecule has 0 aromatic heterocycles. The van der Waals surface area contributed by atoms with Crippen molar-refractivity contribution in [2.75, 3.05) is 33.8 Å². The molecule has 5 aliphatic rings. The largest absolute Gasteiger partial charge is 0.493 e. The van der Waals surface area contributed by atoms with Crippen LogP contribution in [0.15, 0.2) is 42.5 Å². The lowest BCUT2D eigenvalue weighted by Crippen LogP contribution is -2.78. The van der Waals surface area contributed by atoms with E-state index in [9.17, 15) is 18.3 Å². The van der Waals surface area contributed by atoms with Gasteiger partial charge in [-0.05, 0) is 87.4 Å². The number of nitrogens with zero attached hydrogens (tertiary/aromatic N) is 2. The van der Waals surface area contributed by atoms with Crippen LogP contribution in [-0.2, 0) is 18.0 Å². The molecular weight excluding hydrogens is 517 g/mol. The first-order valence-corrected chi connectivity index (χ1v) is 14.5. The molecule has 5 atom stereocenters. The third-order valence-electron chi connectivity index (χ3n) is 10.4. The number of benzene rings is 2. The van der Waals surface area contributed by atoms with Crippen LogP contribution in [0.1, 0.15) is 54.4 Å². The predicted molar refractivity (Wildman–Crippen MR) is 147 cm³/mol. The van der Waals surface area contributed by atoms with Crippen molar-refractivity contribution in [2.45, 2.75) is 73.9 Å². The molecule has 2 aromatic carbocycles. The maximum Gasteiger partial charge on any atom is 0.416 e. The van der Waals surface area contributed by atoms with Crippen molar-refractivity contribution >= 4 is 6.08 Å². The Balaban J connectivity index is 1.18. The molecular formula is C32H37F3N2O3. The number of alkyl halides is 3. The van der Waals surface area contributed by atoms with E-state index < -0.39 is 22.8 Å². The minimum absolute atomic E-state index is 0.0798. The Hall–Kier alpha value is -2.55. The molecule has 2 aliphatic heterocycles. The molecule has 2 heterocycles. The van der Waals surface area contributed by atoms with Crippen LogP contribution in [0.2, 0.25) is 0 Å². The molecule has 214 valence electrons. The first-order valence-electron chi connectivity index (χ1n) is 14.5. The van der Waals surface area contributed by atoms with E-state index in [4.69, 9.17) is 9.47 Å². The highest BCUT2D eigenvalue weighted by atomic mass is 19.4. The number of hydrogen-bond donors (Lipinski definition) is 1. The summed E-state index contributed by atoms with van der Waals surface area (Å²) in [7, 11) is 3.75. The van der Waals surface area contributed by atoms with Gasteiger partial charge in [-0.15, -0.1) is 0 Å². The predicted octanol–water partition coefficient (Wildman–Crippen LogP) is 5.29. The fourth-order valence-electron chi connectivity index (χ4n) is 8.33. The van der Waals surface area contributed by atoms with E-state index in [2.05, 4.69) is 22.9 Å². The summed E-state index contributed by atoms with van der Waals surface area (Å²) in [6.07, 6.45) is 5.14. The lowest BCUT2D eigenvalue weighted by molar-refractivity contribution is -0.199. The summed E-state index contributed by atoms with van der Waals surface area (Å²) in [6, 6.07) is 9.60. The van der Waals surface area contributed by atoms with E-state index in [0.29, 0.717) is 13.0 Å². The summed E-state index contributed by atoms with van der Waals surface area (Å²) in [5.74, 6) is 2.30. The maximum absolute atomic E-state index is 12.9. The standard InChI is InChI=1S/C32H37F3N2O3/c1-36(16-3-4-20-7-10-23(11-8-20)32(33,34)35)24-13-14-31(38)26-18-22-9-12-25(39-2)28-27(22)30(31,29(24)40-28)15-17-37(26)19-21-5-6-21/h3-4,7-12,21,24,26,29,38H,5-6,13-19H2,1-2H3/b4-3+/t24?,26-,29?,30+,31-/m1/s1. The molecule has 2 aromatic rings. The van der Waals surface area contributed by atoms with Crippen LogP contribution in [0.5, 0.6) is 11.5 Å². The van der Waals surface area contributed by atoms with Gasteiger partial charge >= 0.3 is 6.18 Å². The second-order valence-corrected chi connectivity index (χ2v) is 12.5. The van der Waals surface area contributed by atoms with Gasteiger partial charge in [0, 0.05) is 30.7 Å². The van der Waals surface area contributed by atoms with E-state index >= 15 is 0 Å². The number of ether oxygens (including phenoxy) is 2. The summed E-state index contributed by atoms with van der Waals surface area (Å²) in [4.78, 5) is 4.85. The summed E-state index contributed by atoms with van der Waals surface area (Å²) >= 11 is 0. The minimum atomic E-state index is -4.33. The Morgan fingerprint density at radius 3 is 2.60 bits per heavy atom. The van der Waals surface area contributed by atoms with Gasteiger partial charge in [0.15, 0.2) is 11.5 Å². The molecule has 1 spiro atoms. The number of halogens is 3. The number of rotatable bonds is 7. The van der Waals surface area contributed by atoms with Gasteiger partial charge in [-0.1, -0.05) is 30.4 Å². The Bertz CT molecular complexity index is 1320. The first kappa shape index (κ1) is 26.4. The first-order chi connectivity index (χ1) is 19.2. The summed E-state index contributed by atoms with van der Waals surface area (Å²) in [6.45, 7) is 2.66. The van der Waals surface area contributed by atoms with E-state index in [1.807, 2.05) is 18.2 Å². The summed E-state index contributed by atoms with van der Waals surface area (Å²) in [5, 5.41) is 12.7. The highest BCUT2D eigenvalue weighted by Gasteiger charge is 2.73. The minimum Gasteiger partial charge on any atom is -0.493 e. The fraction of sp³-hybridized carbons (Fsp3) is 0.562. The van der Waals surface area contributed by atoms with Gasteiger partial charge in [-0.25, -0.2) is 0 Å². The molecule has 8 heteroatoms. The second-order valence-electron chi connectivity index (χ2n) is 12.5. The second kappa shape index (κ2) is 9.23. The third-order valence-corrected chi connectivity index (χ3v) is 10.4. The SMILES string of the molecule is COc1ccc2c3c1OC1C(N(C)C/C=C/c4ccc(C(F)(F)F)cc4)CC[C@@]4(O)[C@@H](C2)N(CC2CC2)CC[C@]314. The number of piperidine rings is 1. The van der Waals surface area contributed by atoms with Crippen molar-refractivity contribution in [3.63, 3.8) is 0 Å². The molecule has 2 bridgehead atoms. The van der Waals surface area contributed by atoms with Gasteiger partial charge < -0.3 is 14.6 Å². The average Bonchev–Trinajstić information content (AvgIpc) is 3.67. The number of likely N-dealkylation sites (N-methyl/N-ethyl adjacent to an activating group) is 1. The average molecular weight is 555 g/mol. The Morgan fingerprint density at radius 2 is 1.90 bits per heavy atom. The normalized spacial score (nSPS) is 32.8. The summed E-state index contributed by atoms with van der Waals surface area (Å²) in [5.41, 5.74) is 1.19. The maximum atomic E-state index is 12.9. The molecule has 2 unspecified atom stereocenters. The topological polar surface area (TPSA) is 45.2 Å². The van der Waals surface area contributed by atoms with Crippen molar-refractivity contribution in [2.24, 2.45) is 5.92 Å². The van der Waals surface area contributed by atoms with Gasteiger partial charge in [0.05, 0.1) is 23.7 Å². The highest BCUT2D eigenvalue weighted by Crippen LogP contribution is 2.66. The van der Waals surface area contributed by atoms with E-state index in [0.717, 1.165) is 67.5 Å². The Morgan fingerprint density at radius 1 is 1.12 bits per heavy atom. The number of hydrogen-bond acceptors (Lipinski definition) is 5. The molecule has 0 radical (unpaired) electrons. The lowest BCUT2D eigenvalue weighted by atomic mass is 9.48. The van der Waals surface area contributed by atoms with Crippen molar-refractivity contribution < 1.29 is 27.8 Å². The monoisotopic (exact) mass is 554 g/mol. The molecule has 1 saturated heterocycles. The van der Waals surface area contributed by atoms with Crippen LogP contribution in [0.4, 0.5) is 13.2 Å². The zero-order valence-electron chi connectivity index (χ0n) is 23.1. The molecule has 3 fully saturated rings. The van der Waals surface area contributed by atoms with Crippen LogP contribution in [0, 0.1) is 5.92 Å². The van der Waals surface area contributed by atoms with Gasteiger partial charge in [0.1, 0.15) is 6.10 Å². The van der Waals surface area contributed by atoms with E-state index in [1.54, 1.807) is 7.11 Å². The Kier molecular flexibility index (Phi) is 6.08. The summed E-state index contributed by atoms with van der Waals surface area (Å²) < 4.78 is 51.4. The smallest absolute Gasteiger partial charge is 0.416 e. The molecule has 7 rings (SSSR count). The van der Waals surface area contributed by atoms with Crippen LogP contribution in [-0.4, -0.2) is 72.5 Å². The van der Waals surface area contributed by atoms with E-state index in [1.165, 1.54) is 36.1 Å². The molecule has 40 heavy (non-hydrogen) atoms. The zero-order valence-corrected chi connectivity index (χ0v) is 23.1. The Labute approximate surface area is 233 Å². The van der Waals surface area contributed by atoms with Crippen LogP contribution < -0.4 is 9.47 Å². The number of likely N-dealkylation sites (tertiary alicyclic amines) is 1. The van der Waals surface area contributed by atoms with Crippen molar-refractivity contribution in [3.05, 3.63) is 64.7 Å². The lowest BCUT2D eigenvalue weighted by Gasteiger charge is -2.64. The number of aliphatic hydroxyl groups is 1. The molecule has 3 aliphatic carbocycles. The van der Waals surface area contributed by atoms with E-state index in [-0.39, 0.29) is 18.2 Å². The molecule has 2 saturated carbocycles. The van der Waals surface area contributed by atoms with Gasteiger partial charge in [-0.3, -0.25) is 9.80 Å². The van der Waals surface area contributed by atoms with Crippen LogP contribution in [0.25, 0.3) is 6.08 Å².